The van der Waals surface area contributed by atoms with Gasteiger partial charge in [0, 0.05) is 12.4 Å². The molecule has 4 nitrogen and oxygen atoms in total. The fourth-order valence-electron chi connectivity index (χ4n) is 1.12. The molecule has 0 aromatic rings. The van der Waals surface area contributed by atoms with E-state index in [-0.39, 0.29) is 12.0 Å². The second-order valence-electron chi connectivity index (χ2n) is 3.12. The van der Waals surface area contributed by atoms with E-state index in [2.05, 4.69) is 6.58 Å². The molecule has 4 heteroatoms. The van der Waals surface area contributed by atoms with Gasteiger partial charge in [0.25, 0.3) is 0 Å². The third kappa shape index (κ3) is 3.51. The number of carbonyl (C=O) groups excluding carboxylic acids is 3. The molecule has 0 saturated carbocycles. The van der Waals surface area contributed by atoms with Crippen molar-refractivity contribution in [1.82, 2.24) is 0 Å². The molecule has 0 saturated heterocycles. The molecule has 1 atom stereocenters. The van der Waals surface area contributed by atoms with Gasteiger partial charge in [-0.25, -0.2) is 0 Å². The summed E-state index contributed by atoms with van der Waals surface area (Å²) in [4.78, 5) is 32.8. The lowest BCUT2D eigenvalue weighted by atomic mass is 9.91. The van der Waals surface area contributed by atoms with E-state index in [1.165, 1.54) is 6.92 Å². The van der Waals surface area contributed by atoms with Crippen molar-refractivity contribution in [3.05, 3.63) is 12.2 Å². The van der Waals surface area contributed by atoms with Gasteiger partial charge in [0.2, 0.25) is 0 Å². The predicted octanol–water partition coefficient (Wildman–Crippen LogP) is -0.133. The van der Waals surface area contributed by atoms with Crippen molar-refractivity contribution in [1.29, 1.82) is 0 Å². The van der Waals surface area contributed by atoms with Gasteiger partial charge in [0.05, 0.1) is 5.92 Å². The van der Waals surface area contributed by atoms with Crippen molar-refractivity contribution in [2.75, 3.05) is 0 Å². The van der Waals surface area contributed by atoms with Crippen LogP contribution >= 0.6 is 0 Å². The van der Waals surface area contributed by atoms with Crippen LogP contribution in [0.25, 0.3) is 0 Å². The lowest BCUT2D eigenvalue weighted by molar-refractivity contribution is -0.304. The van der Waals surface area contributed by atoms with E-state index in [0.717, 1.165) is 0 Å². The maximum absolute atomic E-state index is 11.4. The molecule has 0 N–H and O–H groups in total. The largest absolute Gasteiger partial charge is 0.550 e. The molecule has 0 aliphatic carbocycles. The highest BCUT2D eigenvalue weighted by atomic mass is 16.4. The smallest absolute Gasteiger partial charge is 0.168 e. The van der Waals surface area contributed by atoms with Crippen molar-refractivity contribution < 1.29 is 19.5 Å². The van der Waals surface area contributed by atoms with Crippen LogP contribution < -0.4 is 5.11 Å². The van der Waals surface area contributed by atoms with Crippen LogP contribution in [0.4, 0.5) is 0 Å². The highest BCUT2D eigenvalue weighted by Crippen LogP contribution is 2.12. The zero-order valence-corrected chi connectivity index (χ0v) is 8.33. The Bertz CT molecular complexity index is 278. The summed E-state index contributed by atoms with van der Waals surface area (Å²) in [5.74, 6) is -3.34. The summed E-state index contributed by atoms with van der Waals surface area (Å²) < 4.78 is 0. The lowest BCUT2D eigenvalue weighted by Crippen LogP contribution is -2.31. The molecular formula is C10H13O4-. The highest BCUT2D eigenvalue weighted by Gasteiger charge is 2.24. The van der Waals surface area contributed by atoms with Crippen LogP contribution in [0.5, 0.6) is 0 Å². The van der Waals surface area contributed by atoms with E-state index in [1.807, 2.05) is 0 Å². The van der Waals surface area contributed by atoms with Gasteiger partial charge in [0.15, 0.2) is 5.78 Å². The van der Waals surface area contributed by atoms with Gasteiger partial charge >= 0.3 is 0 Å². The maximum Gasteiger partial charge on any atom is 0.168 e. The summed E-state index contributed by atoms with van der Waals surface area (Å²) in [6.07, 6.45) is -0.421. The Morgan fingerprint density at radius 3 is 2.14 bits per heavy atom. The zero-order chi connectivity index (χ0) is 11.3. The lowest BCUT2D eigenvalue weighted by Gasteiger charge is -2.12. The van der Waals surface area contributed by atoms with Gasteiger partial charge in [0.1, 0.15) is 5.78 Å². The molecule has 14 heavy (non-hydrogen) atoms. The number of carbonyl (C=O) groups is 3. The van der Waals surface area contributed by atoms with Crippen LogP contribution in [0, 0.1) is 5.92 Å². The first kappa shape index (κ1) is 12.6. The number of aliphatic carboxylic acids is 1. The quantitative estimate of drug-likeness (QED) is 0.439. The van der Waals surface area contributed by atoms with E-state index >= 15 is 0 Å². The second-order valence-corrected chi connectivity index (χ2v) is 3.12. The molecule has 0 rings (SSSR count). The normalized spacial score (nSPS) is 11.9. The Morgan fingerprint density at radius 2 is 1.86 bits per heavy atom. The molecule has 1 unspecified atom stereocenters. The third-order valence-electron chi connectivity index (χ3n) is 1.85. The molecule has 0 radical (unpaired) electrons. The van der Waals surface area contributed by atoms with Gasteiger partial charge in [-0.05, 0) is 18.9 Å². The van der Waals surface area contributed by atoms with Gasteiger partial charge in [-0.2, -0.15) is 0 Å². The summed E-state index contributed by atoms with van der Waals surface area (Å²) in [7, 11) is 0. The number of ketones is 2. The first-order valence-electron chi connectivity index (χ1n) is 4.32. The first-order chi connectivity index (χ1) is 6.40. The van der Waals surface area contributed by atoms with Crippen molar-refractivity contribution in [3.8, 4) is 0 Å². The number of hydrogen-bond donors (Lipinski definition) is 0. The van der Waals surface area contributed by atoms with Crippen LogP contribution in [-0.2, 0) is 14.4 Å². The molecular weight excluding hydrogens is 184 g/mol. The zero-order valence-electron chi connectivity index (χ0n) is 8.33. The maximum atomic E-state index is 11.4. The minimum absolute atomic E-state index is 0.267. The van der Waals surface area contributed by atoms with Crippen LogP contribution in [0.1, 0.15) is 26.7 Å². The molecule has 0 heterocycles. The summed E-state index contributed by atoms with van der Waals surface area (Å²) in [6, 6.07) is 0. The van der Waals surface area contributed by atoms with Gasteiger partial charge in [-0.15, -0.1) is 0 Å². The molecule has 0 spiro atoms. The standard InChI is InChI=1S/C10H14O4/c1-4-7(10(14)6(2)3)8(11)5-9(12)13/h7H,2,4-5H2,1,3H3,(H,12,13)/p-1. The number of carboxylic acid groups (broad SMARTS) is 1. The highest BCUT2D eigenvalue weighted by molar-refractivity contribution is 6.12. The van der Waals surface area contributed by atoms with E-state index in [1.54, 1.807) is 6.92 Å². The van der Waals surface area contributed by atoms with Gasteiger partial charge in [-0.3, -0.25) is 9.59 Å². The van der Waals surface area contributed by atoms with E-state index in [9.17, 15) is 19.5 Å². The Hall–Kier alpha value is -1.45. The summed E-state index contributed by atoms with van der Waals surface area (Å²) >= 11 is 0. The Kier molecular flexibility index (Phi) is 4.77. The molecule has 0 aromatic carbocycles. The van der Waals surface area contributed by atoms with Crippen LogP contribution in [0.15, 0.2) is 12.2 Å². The van der Waals surface area contributed by atoms with Crippen molar-refractivity contribution >= 4 is 17.5 Å². The number of hydrogen-bond acceptors (Lipinski definition) is 4. The van der Waals surface area contributed by atoms with Gasteiger partial charge < -0.3 is 9.90 Å². The first-order valence-corrected chi connectivity index (χ1v) is 4.32. The van der Waals surface area contributed by atoms with Crippen LogP contribution in [-0.4, -0.2) is 17.5 Å². The average molecular weight is 197 g/mol. The Balaban J connectivity index is 4.56. The molecule has 0 bridgehead atoms. The Morgan fingerprint density at radius 1 is 1.36 bits per heavy atom. The number of rotatable bonds is 6. The van der Waals surface area contributed by atoms with E-state index in [4.69, 9.17) is 0 Å². The minimum Gasteiger partial charge on any atom is -0.550 e. The molecule has 0 aromatic heterocycles. The topological polar surface area (TPSA) is 74.3 Å². The number of allylic oxidation sites excluding steroid dienone is 1. The fraction of sp³-hybridized carbons (Fsp3) is 0.500. The monoisotopic (exact) mass is 197 g/mol. The second kappa shape index (κ2) is 5.32. The van der Waals surface area contributed by atoms with Crippen LogP contribution in [0.3, 0.4) is 0 Å². The molecule has 0 fully saturated rings. The number of carboxylic acids is 1. The van der Waals surface area contributed by atoms with E-state index in [0.29, 0.717) is 0 Å². The SMILES string of the molecule is C=C(C)C(=O)C(CC)C(=O)CC(=O)[O-]. The van der Waals surface area contributed by atoms with Crippen molar-refractivity contribution in [3.63, 3.8) is 0 Å². The third-order valence-corrected chi connectivity index (χ3v) is 1.85. The number of Topliss-reactive ketones (excluding diaryl/α,β-unsaturated/α-hetero) is 2. The summed E-state index contributed by atoms with van der Waals surface area (Å²) in [6.45, 7) is 6.57. The Labute approximate surface area is 82.6 Å². The molecule has 0 aliphatic heterocycles. The van der Waals surface area contributed by atoms with Crippen LogP contribution in [0.2, 0.25) is 0 Å². The predicted molar refractivity (Wildman–Crippen MR) is 48.2 cm³/mol. The van der Waals surface area contributed by atoms with Gasteiger partial charge in [-0.1, -0.05) is 13.5 Å². The molecule has 0 amide bonds. The summed E-state index contributed by atoms with van der Waals surface area (Å²) in [5.41, 5.74) is 0.267. The molecule has 78 valence electrons. The van der Waals surface area contributed by atoms with Crippen molar-refractivity contribution in [2.24, 2.45) is 5.92 Å². The van der Waals surface area contributed by atoms with E-state index < -0.39 is 29.9 Å². The summed E-state index contributed by atoms with van der Waals surface area (Å²) in [5, 5.41) is 10.2. The average Bonchev–Trinajstić information content (AvgIpc) is 2.03. The fourth-order valence-corrected chi connectivity index (χ4v) is 1.12. The molecule has 0 aliphatic rings. The minimum atomic E-state index is -1.46. The van der Waals surface area contributed by atoms with Crippen molar-refractivity contribution in [2.45, 2.75) is 26.7 Å².